The number of rotatable bonds is 8. The molecule has 0 aliphatic heterocycles. The minimum atomic E-state index is -1.25. The summed E-state index contributed by atoms with van der Waals surface area (Å²) in [6, 6.07) is 0. The lowest BCUT2D eigenvalue weighted by molar-refractivity contribution is -0.142. The first kappa shape index (κ1) is 19.0. The van der Waals surface area contributed by atoms with Crippen molar-refractivity contribution in [2.45, 2.75) is 57.2 Å². The number of halogens is 2. The third-order valence-corrected chi connectivity index (χ3v) is 5.12. The van der Waals surface area contributed by atoms with E-state index in [0.717, 1.165) is 25.7 Å². The number of carboxylic acid groups (broad SMARTS) is 2. The van der Waals surface area contributed by atoms with Crippen molar-refractivity contribution in [1.82, 2.24) is 0 Å². The highest BCUT2D eigenvalue weighted by Gasteiger charge is 2.45. The van der Waals surface area contributed by atoms with Crippen LogP contribution in [0.3, 0.4) is 0 Å². The minimum absolute atomic E-state index is 0.128. The third kappa shape index (κ3) is 3.85. The van der Waals surface area contributed by atoms with E-state index >= 15 is 0 Å². The van der Waals surface area contributed by atoms with Gasteiger partial charge in [0.05, 0.1) is 5.57 Å². The van der Waals surface area contributed by atoms with Gasteiger partial charge in [-0.15, -0.1) is 11.6 Å². The predicted octanol–water partition coefficient (Wildman–Crippen LogP) is 4.56. The third-order valence-electron chi connectivity index (χ3n) is 3.96. The molecule has 2 unspecified atom stereocenters. The molecule has 0 amide bonds. The van der Waals surface area contributed by atoms with Gasteiger partial charge in [0.25, 0.3) is 0 Å². The molecular weight excluding hydrogens is 327 g/mol. The van der Waals surface area contributed by atoms with Crippen LogP contribution in [0.4, 0.5) is 0 Å². The Bertz CT molecular complexity index is 510. The number of hydrogen-bond acceptors (Lipinski definition) is 2. The van der Waals surface area contributed by atoms with Gasteiger partial charge in [0.2, 0.25) is 0 Å². The zero-order chi connectivity index (χ0) is 16.9. The van der Waals surface area contributed by atoms with Crippen LogP contribution in [0.15, 0.2) is 22.3 Å². The van der Waals surface area contributed by atoms with E-state index in [4.69, 9.17) is 23.2 Å². The van der Waals surface area contributed by atoms with Crippen molar-refractivity contribution in [2.75, 3.05) is 0 Å². The van der Waals surface area contributed by atoms with Gasteiger partial charge < -0.3 is 10.2 Å². The number of hydrogen-bond donors (Lipinski definition) is 2. The van der Waals surface area contributed by atoms with Crippen molar-refractivity contribution in [1.29, 1.82) is 0 Å². The summed E-state index contributed by atoms with van der Waals surface area (Å²) < 4.78 is 0. The number of unbranched alkanes of at least 4 members (excludes halogenated alkanes) is 2. The summed E-state index contributed by atoms with van der Waals surface area (Å²) in [5.41, 5.74) is 0.327. The first-order valence-electron chi connectivity index (χ1n) is 7.55. The normalized spacial score (nSPS) is 25.1. The summed E-state index contributed by atoms with van der Waals surface area (Å²) in [7, 11) is 0. The van der Waals surface area contributed by atoms with Crippen molar-refractivity contribution < 1.29 is 19.8 Å². The molecule has 1 aliphatic rings. The molecule has 0 bridgehead atoms. The average molecular weight is 349 g/mol. The van der Waals surface area contributed by atoms with Crippen LogP contribution in [-0.2, 0) is 9.59 Å². The number of alkyl halides is 1. The number of carbonyl (C=O) groups is 2. The van der Waals surface area contributed by atoms with Crippen LogP contribution in [0.25, 0.3) is 0 Å². The van der Waals surface area contributed by atoms with Gasteiger partial charge in [0, 0.05) is 5.03 Å². The molecule has 2 atom stereocenters. The zero-order valence-electron chi connectivity index (χ0n) is 12.9. The molecule has 2 N–H and O–H groups in total. The van der Waals surface area contributed by atoms with E-state index in [1.165, 1.54) is 6.08 Å². The molecule has 4 nitrogen and oxygen atoms in total. The van der Waals surface area contributed by atoms with Crippen LogP contribution >= 0.6 is 23.2 Å². The van der Waals surface area contributed by atoms with Crippen LogP contribution < -0.4 is 0 Å². The maximum absolute atomic E-state index is 11.7. The van der Waals surface area contributed by atoms with Crippen molar-refractivity contribution in [3.63, 3.8) is 0 Å². The second kappa shape index (κ2) is 8.02. The average Bonchev–Trinajstić information content (AvgIpc) is 2.45. The van der Waals surface area contributed by atoms with Crippen molar-refractivity contribution in [2.24, 2.45) is 5.92 Å². The Balaban J connectivity index is 3.44. The lowest BCUT2D eigenvalue weighted by Crippen LogP contribution is -2.36. The van der Waals surface area contributed by atoms with Crippen molar-refractivity contribution in [3.05, 3.63) is 22.3 Å². The van der Waals surface area contributed by atoms with Gasteiger partial charge in [-0.3, -0.25) is 4.79 Å². The van der Waals surface area contributed by atoms with Crippen molar-refractivity contribution >= 4 is 35.1 Å². The van der Waals surface area contributed by atoms with E-state index in [2.05, 4.69) is 0 Å². The maximum Gasteiger partial charge on any atom is 0.332 e. The second-order valence-corrected chi connectivity index (χ2v) is 6.59. The van der Waals surface area contributed by atoms with Crippen LogP contribution in [0.1, 0.15) is 52.4 Å². The zero-order valence-corrected chi connectivity index (χ0v) is 14.4. The van der Waals surface area contributed by atoms with Crippen molar-refractivity contribution in [3.8, 4) is 0 Å². The lowest BCUT2D eigenvalue weighted by atomic mass is 9.76. The van der Waals surface area contributed by atoms with E-state index in [1.807, 2.05) is 13.8 Å². The van der Waals surface area contributed by atoms with E-state index in [-0.39, 0.29) is 10.6 Å². The molecule has 0 saturated heterocycles. The van der Waals surface area contributed by atoms with Gasteiger partial charge in [0.1, 0.15) is 10.8 Å². The maximum atomic E-state index is 11.7. The Hall–Kier alpha value is -1.00. The largest absolute Gasteiger partial charge is 0.481 e. The standard InChI is InChI=1S/C16H22Cl2O4/c1-3-5-7-11-13(15(21)22)10(14(19)20)9-12(17)16(11,18)8-6-4-2/h9-10H,3-8H2,1-2H3,(H,19,20)(H,21,22). The molecule has 0 aromatic rings. The van der Waals surface area contributed by atoms with Crippen LogP contribution in [0.5, 0.6) is 0 Å². The topological polar surface area (TPSA) is 74.6 Å². The first-order chi connectivity index (χ1) is 10.3. The molecule has 1 rings (SSSR count). The molecule has 0 aromatic carbocycles. The number of allylic oxidation sites excluding steroid dienone is 2. The summed E-state index contributed by atoms with van der Waals surface area (Å²) in [4.78, 5) is 22.0. The molecule has 1 aliphatic carbocycles. The SMILES string of the molecule is CCCCC1=C(C(=O)O)C(C(=O)O)C=C(Cl)C1(Cl)CCCC. The quantitative estimate of drug-likeness (QED) is 0.630. The Kier molecular flexibility index (Phi) is 6.95. The summed E-state index contributed by atoms with van der Waals surface area (Å²) in [5, 5.41) is 19.1. The molecule has 0 saturated carbocycles. The monoisotopic (exact) mass is 348 g/mol. The summed E-state index contributed by atoms with van der Waals surface area (Å²) in [6.45, 7) is 3.99. The fraction of sp³-hybridized carbons (Fsp3) is 0.625. The highest BCUT2D eigenvalue weighted by Crippen LogP contribution is 2.48. The fourth-order valence-electron chi connectivity index (χ4n) is 2.74. The van der Waals surface area contributed by atoms with Gasteiger partial charge in [-0.25, -0.2) is 4.79 Å². The number of aliphatic carboxylic acids is 2. The molecular formula is C16H22Cl2O4. The molecule has 124 valence electrons. The predicted molar refractivity (Wildman–Crippen MR) is 87.4 cm³/mol. The summed E-state index contributed by atoms with van der Waals surface area (Å²) >= 11 is 13.0. The Morgan fingerprint density at radius 3 is 2.27 bits per heavy atom. The van der Waals surface area contributed by atoms with E-state index in [1.54, 1.807) is 0 Å². The van der Waals surface area contributed by atoms with Crippen LogP contribution in [-0.4, -0.2) is 27.0 Å². The van der Waals surface area contributed by atoms with Gasteiger partial charge in [-0.05, 0) is 30.9 Å². The van der Waals surface area contributed by atoms with Gasteiger partial charge in [0.15, 0.2) is 0 Å². The number of carboxylic acids is 2. The van der Waals surface area contributed by atoms with E-state index in [0.29, 0.717) is 18.4 Å². The first-order valence-corrected chi connectivity index (χ1v) is 8.31. The minimum Gasteiger partial charge on any atom is -0.481 e. The van der Waals surface area contributed by atoms with E-state index < -0.39 is 22.7 Å². The van der Waals surface area contributed by atoms with Crippen LogP contribution in [0, 0.1) is 5.92 Å². The summed E-state index contributed by atoms with van der Waals surface area (Å²) in [6.07, 6.45) is 5.49. The van der Waals surface area contributed by atoms with Gasteiger partial charge in [-0.2, -0.15) is 0 Å². The molecule has 0 aromatic heterocycles. The smallest absolute Gasteiger partial charge is 0.332 e. The molecule has 0 fully saturated rings. The second-order valence-electron chi connectivity index (χ2n) is 5.54. The fourth-order valence-corrected chi connectivity index (χ4v) is 3.47. The molecule has 0 radical (unpaired) electrons. The molecule has 0 spiro atoms. The molecule has 22 heavy (non-hydrogen) atoms. The highest BCUT2D eigenvalue weighted by atomic mass is 35.5. The van der Waals surface area contributed by atoms with Crippen LogP contribution in [0.2, 0.25) is 0 Å². The highest BCUT2D eigenvalue weighted by molar-refractivity contribution is 6.41. The van der Waals surface area contributed by atoms with Gasteiger partial charge in [-0.1, -0.05) is 44.7 Å². The summed E-state index contributed by atoms with van der Waals surface area (Å²) in [5.74, 6) is -3.70. The molecule has 0 heterocycles. The van der Waals surface area contributed by atoms with Gasteiger partial charge >= 0.3 is 11.9 Å². The lowest BCUT2D eigenvalue weighted by Gasteiger charge is -2.36. The Morgan fingerprint density at radius 2 is 1.82 bits per heavy atom. The van der Waals surface area contributed by atoms with E-state index in [9.17, 15) is 19.8 Å². The Morgan fingerprint density at radius 1 is 1.23 bits per heavy atom. The Labute approximate surface area is 140 Å². The molecule has 6 heteroatoms.